The molecule has 0 amide bonds. The second-order valence-electron chi connectivity index (χ2n) is 2.92. The molecular weight excluding hydrogens is 267 g/mol. The van der Waals surface area contributed by atoms with Gasteiger partial charge in [0, 0.05) is 6.42 Å². The van der Waals surface area contributed by atoms with Gasteiger partial charge < -0.3 is 9.47 Å². The molecule has 0 radical (unpaired) electrons. The minimum atomic E-state index is -4.93. The molecule has 0 aliphatic heterocycles. The Balaban J connectivity index is 4.58. The van der Waals surface area contributed by atoms with Crippen LogP contribution in [0.15, 0.2) is 11.6 Å². The van der Waals surface area contributed by atoms with Crippen molar-refractivity contribution in [3.63, 3.8) is 0 Å². The highest BCUT2D eigenvalue weighted by atomic mass is 19.4. The Morgan fingerprint density at radius 1 is 1.22 bits per heavy atom. The number of carbonyl (C=O) groups is 2. The van der Waals surface area contributed by atoms with E-state index < -0.39 is 43.1 Å². The topological polar surface area (TPSA) is 52.6 Å². The molecule has 18 heavy (non-hydrogen) atoms. The van der Waals surface area contributed by atoms with Gasteiger partial charge in [0.25, 0.3) is 0 Å². The molecule has 9 heteroatoms. The monoisotopic (exact) mass is 276 g/mol. The number of alkyl halides is 5. The maximum atomic E-state index is 12.3. The third-order valence-corrected chi connectivity index (χ3v) is 1.62. The van der Waals surface area contributed by atoms with Crippen LogP contribution in [0.4, 0.5) is 22.0 Å². The van der Waals surface area contributed by atoms with Crippen molar-refractivity contribution in [2.24, 2.45) is 0 Å². The summed E-state index contributed by atoms with van der Waals surface area (Å²) in [7, 11) is 0.834. The number of halogens is 5. The number of ether oxygens (including phenoxy) is 2. The summed E-state index contributed by atoms with van der Waals surface area (Å²) in [5, 5.41) is 0. The third kappa shape index (κ3) is 6.16. The van der Waals surface area contributed by atoms with Crippen LogP contribution in [0, 0.1) is 0 Å². The first-order chi connectivity index (χ1) is 8.18. The van der Waals surface area contributed by atoms with E-state index in [1.807, 2.05) is 0 Å². The zero-order valence-electron chi connectivity index (χ0n) is 9.09. The van der Waals surface area contributed by atoms with Crippen LogP contribution in [0.25, 0.3) is 0 Å². The van der Waals surface area contributed by atoms with Gasteiger partial charge in [-0.2, -0.15) is 13.2 Å². The van der Waals surface area contributed by atoms with E-state index in [1.165, 1.54) is 0 Å². The summed E-state index contributed by atoms with van der Waals surface area (Å²) < 4.78 is 68.3. The molecule has 0 aromatic heterocycles. The summed E-state index contributed by atoms with van der Waals surface area (Å²) in [5.74, 6) is -3.12. The van der Waals surface area contributed by atoms with Crippen molar-refractivity contribution < 1.29 is 41.0 Å². The van der Waals surface area contributed by atoms with Crippen LogP contribution in [0.1, 0.15) is 6.42 Å². The second kappa shape index (κ2) is 6.92. The Kier molecular flexibility index (Phi) is 6.28. The van der Waals surface area contributed by atoms with Crippen LogP contribution in [0.2, 0.25) is 0 Å². The maximum absolute atomic E-state index is 12.3. The SMILES string of the molecule is COC(=O)C(=O)OC/C(=C/CC(F)F)C(F)(F)F. The molecule has 0 N–H and O–H groups in total. The van der Waals surface area contributed by atoms with Crippen LogP contribution >= 0.6 is 0 Å². The molecule has 0 aliphatic rings. The lowest BCUT2D eigenvalue weighted by Crippen LogP contribution is -2.24. The Labute approximate surface area is 98.3 Å². The van der Waals surface area contributed by atoms with Gasteiger partial charge >= 0.3 is 18.1 Å². The molecule has 0 aromatic rings. The van der Waals surface area contributed by atoms with Crippen molar-refractivity contribution >= 4 is 11.9 Å². The zero-order chi connectivity index (χ0) is 14.3. The van der Waals surface area contributed by atoms with Gasteiger partial charge in [-0.1, -0.05) is 6.08 Å². The summed E-state index contributed by atoms with van der Waals surface area (Å²) in [5.41, 5.74) is -1.47. The first kappa shape index (κ1) is 16.3. The summed E-state index contributed by atoms with van der Waals surface area (Å²) in [4.78, 5) is 21.2. The van der Waals surface area contributed by atoms with Crippen LogP contribution in [-0.4, -0.2) is 38.3 Å². The molecular formula is C9H9F5O4. The van der Waals surface area contributed by atoms with E-state index in [2.05, 4.69) is 9.47 Å². The molecule has 0 saturated heterocycles. The molecule has 104 valence electrons. The fraction of sp³-hybridized carbons (Fsp3) is 0.556. The molecule has 0 aromatic carbocycles. The number of hydrogen-bond donors (Lipinski definition) is 0. The number of allylic oxidation sites excluding steroid dienone is 1. The van der Waals surface area contributed by atoms with Gasteiger partial charge in [0.2, 0.25) is 6.43 Å². The second-order valence-corrected chi connectivity index (χ2v) is 2.92. The van der Waals surface area contributed by atoms with E-state index in [4.69, 9.17) is 0 Å². The van der Waals surface area contributed by atoms with E-state index in [0.717, 1.165) is 7.11 Å². The van der Waals surface area contributed by atoms with Crippen LogP contribution in [-0.2, 0) is 19.1 Å². The average Bonchev–Trinajstić information content (AvgIpc) is 2.25. The summed E-state index contributed by atoms with van der Waals surface area (Å²) in [6.07, 6.45) is -8.82. The summed E-state index contributed by atoms with van der Waals surface area (Å²) in [6, 6.07) is 0. The predicted molar refractivity (Wildman–Crippen MR) is 47.7 cm³/mol. The van der Waals surface area contributed by atoms with Gasteiger partial charge in [-0.05, 0) is 0 Å². The fourth-order valence-corrected chi connectivity index (χ4v) is 0.773. The largest absolute Gasteiger partial charge is 0.461 e. The molecule has 0 saturated carbocycles. The van der Waals surface area contributed by atoms with E-state index in [9.17, 15) is 31.5 Å². The highest BCUT2D eigenvalue weighted by Crippen LogP contribution is 2.26. The Bertz CT molecular complexity index is 334. The van der Waals surface area contributed by atoms with E-state index >= 15 is 0 Å². The Morgan fingerprint density at radius 2 is 1.78 bits per heavy atom. The summed E-state index contributed by atoms with van der Waals surface area (Å²) in [6.45, 7) is -1.33. The Morgan fingerprint density at radius 3 is 2.17 bits per heavy atom. The normalized spacial score (nSPS) is 12.5. The van der Waals surface area contributed by atoms with Crippen LogP contribution in [0.3, 0.4) is 0 Å². The maximum Gasteiger partial charge on any atom is 0.417 e. The highest BCUT2D eigenvalue weighted by Gasteiger charge is 2.35. The first-order valence-electron chi connectivity index (χ1n) is 4.48. The molecule has 0 fully saturated rings. The van der Waals surface area contributed by atoms with Gasteiger partial charge in [0.1, 0.15) is 6.61 Å². The lowest BCUT2D eigenvalue weighted by molar-refractivity contribution is -0.166. The fourth-order valence-electron chi connectivity index (χ4n) is 0.773. The van der Waals surface area contributed by atoms with Gasteiger partial charge in [-0.3, -0.25) is 0 Å². The number of carbonyl (C=O) groups excluding carboxylic acids is 2. The van der Waals surface area contributed by atoms with Crippen molar-refractivity contribution in [1.82, 2.24) is 0 Å². The molecule has 0 bridgehead atoms. The van der Waals surface area contributed by atoms with E-state index in [-0.39, 0.29) is 6.08 Å². The first-order valence-corrected chi connectivity index (χ1v) is 4.48. The van der Waals surface area contributed by atoms with Gasteiger partial charge in [0.05, 0.1) is 12.7 Å². The number of rotatable bonds is 4. The van der Waals surface area contributed by atoms with Gasteiger partial charge in [0.15, 0.2) is 0 Å². The van der Waals surface area contributed by atoms with Crippen molar-refractivity contribution in [2.75, 3.05) is 13.7 Å². The average molecular weight is 276 g/mol. The molecule has 0 heterocycles. The Hall–Kier alpha value is -1.67. The quantitative estimate of drug-likeness (QED) is 0.340. The standard InChI is InChI=1S/C9H9F5O4/c1-17-7(15)8(16)18-4-5(9(12,13)14)2-3-6(10)11/h2,6H,3-4H2,1H3/b5-2-. The minimum absolute atomic E-state index is 0.204. The van der Waals surface area contributed by atoms with Gasteiger partial charge in [-0.15, -0.1) is 0 Å². The number of hydrogen-bond acceptors (Lipinski definition) is 4. The molecule has 0 unspecified atom stereocenters. The zero-order valence-corrected chi connectivity index (χ0v) is 9.09. The van der Waals surface area contributed by atoms with Crippen molar-refractivity contribution in [2.45, 2.75) is 19.0 Å². The summed E-state index contributed by atoms with van der Waals surface area (Å²) >= 11 is 0. The van der Waals surface area contributed by atoms with E-state index in [1.54, 1.807) is 0 Å². The van der Waals surface area contributed by atoms with Crippen LogP contribution in [0.5, 0.6) is 0 Å². The minimum Gasteiger partial charge on any atom is -0.461 e. The lowest BCUT2D eigenvalue weighted by atomic mass is 10.2. The van der Waals surface area contributed by atoms with Gasteiger partial charge in [-0.25, -0.2) is 18.4 Å². The highest BCUT2D eigenvalue weighted by molar-refractivity contribution is 6.29. The lowest BCUT2D eigenvalue weighted by Gasteiger charge is -2.11. The smallest absolute Gasteiger partial charge is 0.417 e. The molecule has 4 nitrogen and oxygen atoms in total. The van der Waals surface area contributed by atoms with E-state index in [0.29, 0.717) is 0 Å². The van der Waals surface area contributed by atoms with Crippen LogP contribution < -0.4 is 0 Å². The predicted octanol–water partition coefficient (Wildman–Crippen LogP) is 1.85. The molecule has 0 spiro atoms. The van der Waals surface area contributed by atoms with Crippen molar-refractivity contribution in [3.8, 4) is 0 Å². The number of esters is 2. The van der Waals surface area contributed by atoms with Crippen molar-refractivity contribution in [1.29, 1.82) is 0 Å². The molecule has 0 rings (SSSR count). The van der Waals surface area contributed by atoms with Crippen molar-refractivity contribution in [3.05, 3.63) is 11.6 Å². The molecule has 0 atom stereocenters. The molecule has 0 aliphatic carbocycles. The number of methoxy groups -OCH3 is 1. The third-order valence-electron chi connectivity index (χ3n) is 1.62.